The molecule has 0 radical (unpaired) electrons. The third-order valence-electron chi connectivity index (χ3n) is 3.58. The van der Waals surface area contributed by atoms with Crippen LogP contribution in [0.15, 0.2) is 18.2 Å². The molecule has 1 atom stereocenters. The van der Waals surface area contributed by atoms with Crippen LogP contribution >= 0.6 is 12.2 Å². The average Bonchev–Trinajstić information content (AvgIpc) is 2.38. The van der Waals surface area contributed by atoms with E-state index in [1.807, 2.05) is 25.1 Å². The molecule has 1 saturated heterocycles. The second kappa shape index (κ2) is 5.57. The van der Waals surface area contributed by atoms with Gasteiger partial charge in [-0.3, -0.25) is 4.79 Å². The summed E-state index contributed by atoms with van der Waals surface area (Å²) in [6.45, 7) is 3.56. The van der Waals surface area contributed by atoms with Crippen molar-refractivity contribution in [3.05, 3.63) is 29.3 Å². The summed E-state index contributed by atoms with van der Waals surface area (Å²) in [5, 5.41) is 0. The molecule has 1 aliphatic heterocycles. The molecule has 1 fully saturated rings. The number of hydrogen-bond acceptors (Lipinski definition) is 3. The van der Waals surface area contributed by atoms with Gasteiger partial charge >= 0.3 is 0 Å². The lowest BCUT2D eigenvalue weighted by atomic mass is 9.96. The lowest BCUT2D eigenvalue weighted by molar-refractivity contribution is -0.122. The first-order chi connectivity index (χ1) is 8.99. The van der Waals surface area contributed by atoms with E-state index >= 15 is 0 Å². The van der Waals surface area contributed by atoms with Gasteiger partial charge < -0.3 is 16.4 Å². The first-order valence-corrected chi connectivity index (χ1v) is 6.84. The molecule has 0 aliphatic carbocycles. The van der Waals surface area contributed by atoms with Crippen molar-refractivity contribution in [2.24, 2.45) is 17.4 Å². The van der Waals surface area contributed by atoms with Crippen LogP contribution in [0.25, 0.3) is 0 Å². The first-order valence-electron chi connectivity index (χ1n) is 6.43. The Labute approximate surface area is 118 Å². The summed E-state index contributed by atoms with van der Waals surface area (Å²) >= 11 is 5.12. The Bertz CT molecular complexity index is 515. The number of anilines is 1. The van der Waals surface area contributed by atoms with Crippen molar-refractivity contribution in [2.45, 2.75) is 19.8 Å². The number of amides is 1. The Kier molecular flexibility index (Phi) is 4.04. The second-order valence-electron chi connectivity index (χ2n) is 5.07. The van der Waals surface area contributed by atoms with Gasteiger partial charge in [0.2, 0.25) is 5.91 Å². The fourth-order valence-corrected chi connectivity index (χ4v) is 2.71. The van der Waals surface area contributed by atoms with Crippen molar-refractivity contribution < 1.29 is 4.79 Å². The van der Waals surface area contributed by atoms with Crippen molar-refractivity contribution in [1.82, 2.24) is 0 Å². The maximum atomic E-state index is 11.3. The van der Waals surface area contributed by atoms with E-state index in [-0.39, 0.29) is 11.8 Å². The van der Waals surface area contributed by atoms with Gasteiger partial charge in [-0.25, -0.2) is 0 Å². The Morgan fingerprint density at radius 2 is 2.16 bits per heavy atom. The van der Waals surface area contributed by atoms with Gasteiger partial charge in [-0.2, -0.15) is 0 Å². The van der Waals surface area contributed by atoms with Crippen molar-refractivity contribution in [2.75, 3.05) is 18.0 Å². The minimum absolute atomic E-state index is 0.0887. The van der Waals surface area contributed by atoms with Crippen LogP contribution in [0, 0.1) is 12.8 Å². The van der Waals surface area contributed by atoms with Gasteiger partial charge in [0, 0.05) is 24.3 Å². The lowest BCUT2D eigenvalue weighted by Crippen LogP contribution is -2.41. The van der Waals surface area contributed by atoms with E-state index in [2.05, 4.69) is 4.90 Å². The molecule has 0 bridgehead atoms. The number of rotatable bonds is 3. The average molecular weight is 277 g/mol. The van der Waals surface area contributed by atoms with Crippen LogP contribution in [-0.4, -0.2) is 24.0 Å². The molecule has 1 amide bonds. The molecule has 4 nitrogen and oxygen atoms in total. The highest BCUT2D eigenvalue weighted by Gasteiger charge is 2.25. The maximum absolute atomic E-state index is 11.3. The molecule has 4 N–H and O–H groups in total. The lowest BCUT2D eigenvalue weighted by Gasteiger charge is -2.34. The molecule has 0 saturated carbocycles. The molecule has 5 heteroatoms. The van der Waals surface area contributed by atoms with Crippen molar-refractivity contribution in [1.29, 1.82) is 0 Å². The zero-order valence-corrected chi connectivity index (χ0v) is 11.9. The molecule has 1 aromatic rings. The van der Waals surface area contributed by atoms with E-state index in [4.69, 9.17) is 23.7 Å². The molecular weight excluding hydrogens is 258 g/mol. The summed E-state index contributed by atoms with van der Waals surface area (Å²) in [4.78, 5) is 13.9. The van der Waals surface area contributed by atoms with E-state index in [1.54, 1.807) is 0 Å². The summed E-state index contributed by atoms with van der Waals surface area (Å²) in [6, 6.07) is 6.05. The zero-order valence-electron chi connectivity index (χ0n) is 11.1. The molecular formula is C14H19N3OS. The summed E-state index contributed by atoms with van der Waals surface area (Å²) < 4.78 is 0. The van der Waals surface area contributed by atoms with Gasteiger partial charge in [-0.05, 0) is 31.9 Å². The Morgan fingerprint density at radius 1 is 1.42 bits per heavy atom. The number of carbonyl (C=O) groups is 1. The number of hydrogen-bond donors (Lipinski definition) is 2. The number of nitrogens with zero attached hydrogens (tertiary/aromatic N) is 1. The molecule has 0 aromatic heterocycles. The highest BCUT2D eigenvalue weighted by atomic mass is 32.1. The Balaban J connectivity index is 2.30. The monoisotopic (exact) mass is 277 g/mol. The molecule has 1 heterocycles. The van der Waals surface area contributed by atoms with Crippen LogP contribution in [0.5, 0.6) is 0 Å². The van der Waals surface area contributed by atoms with E-state index in [0.29, 0.717) is 11.5 Å². The number of nitrogens with two attached hydrogens (primary N) is 2. The number of benzene rings is 1. The van der Waals surface area contributed by atoms with Gasteiger partial charge in [0.15, 0.2) is 0 Å². The zero-order chi connectivity index (χ0) is 14.0. The minimum Gasteiger partial charge on any atom is -0.389 e. The van der Waals surface area contributed by atoms with Crippen LogP contribution in [0.3, 0.4) is 0 Å². The number of piperidine rings is 1. The molecule has 2 rings (SSSR count). The predicted molar refractivity (Wildman–Crippen MR) is 81.2 cm³/mol. The Morgan fingerprint density at radius 3 is 2.79 bits per heavy atom. The van der Waals surface area contributed by atoms with E-state index in [0.717, 1.165) is 36.2 Å². The van der Waals surface area contributed by atoms with Gasteiger partial charge in [0.25, 0.3) is 0 Å². The molecule has 0 spiro atoms. The van der Waals surface area contributed by atoms with E-state index in [1.165, 1.54) is 0 Å². The van der Waals surface area contributed by atoms with Crippen LogP contribution in [0.1, 0.15) is 24.0 Å². The third-order valence-corrected chi connectivity index (χ3v) is 3.80. The molecule has 1 aromatic carbocycles. The molecule has 19 heavy (non-hydrogen) atoms. The van der Waals surface area contributed by atoms with Crippen LogP contribution < -0.4 is 16.4 Å². The van der Waals surface area contributed by atoms with Crippen LogP contribution in [0.4, 0.5) is 5.69 Å². The van der Waals surface area contributed by atoms with Gasteiger partial charge in [0.1, 0.15) is 4.99 Å². The fourth-order valence-electron chi connectivity index (χ4n) is 2.55. The number of thiocarbonyl (C=S) groups is 1. The van der Waals surface area contributed by atoms with E-state index in [9.17, 15) is 4.79 Å². The van der Waals surface area contributed by atoms with Crippen molar-refractivity contribution in [3.63, 3.8) is 0 Å². The van der Waals surface area contributed by atoms with Gasteiger partial charge in [-0.15, -0.1) is 0 Å². The number of primary amides is 1. The minimum atomic E-state index is -0.228. The summed E-state index contributed by atoms with van der Waals surface area (Å²) in [6.07, 6.45) is 1.82. The topological polar surface area (TPSA) is 72.3 Å². The van der Waals surface area contributed by atoms with E-state index < -0.39 is 0 Å². The smallest absolute Gasteiger partial charge is 0.222 e. The third kappa shape index (κ3) is 3.04. The summed E-state index contributed by atoms with van der Waals surface area (Å²) in [5.41, 5.74) is 14.2. The Hall–Kier alpha value is -1.62. The number of carbonyl (C=O) groups excluding carboxylic acids is 1. The van der Waals surface area contributed by atoms with Gasteiger partial charge in [0.05, 0.1) is 5.92 Å². The van der Waals surface area contributed by atoms with Gasteiger partial charge in [-0.1, -0.05) is 23.8 Å². The quantitative estimate of drug-likeness (QED) is 0.818. The second-order valence-corrected chi connectivity index (χ2v) is 5.51. The first kappa shape index (κ1) is 13.8. The molecule has 102 valence electrons. The number of aryl methyl sites for hydroxylation is 1. The normalized spacial score (nSPS) is 19.2. The summed E-state index contributed by atoms with van der Waals surface area (Å²) in [7, 11) is 0. The highest BCUT2D eigenvalue weighted by Crippen LogP contribution is 2.27. The highest BCUT2D eigenvalue weighted by molar-refractivity contribution is 7.80. The largest absolute Gasteiger partial charge is 0.389 e. The molecule has 1 aliphatic rings. The fraction of sp³-hybridized carbons (Fsp3) is 0.429. The molecule has 1 unspecified atom stereocenters. The maximum Gasteiger partial charge on any atom is 0.222 e. The predicted octanol–water partition coefficient (Wildman–Crippen LogP) is 1.33. The van der Waals surface area contributed by atoms with Crippen LogP contribution in [-0.2, 0) is 4.79 Å². The SMILES string of the molecule is Cc1ccc(N2CCCC(C(N)=O)C2)c(C(N)=S)c1. The summed E-state index contributed by atoms with van der Waals surface area (Å²) in [5.74, 6) is -0.317. The standard InChI is InChI=1S/C14H19N3OS/c1-9-4-5-12(11(7-9)14(16)19)17-6-2-3-10(8-17)13(15)18/h4-5,7,10H,2-3,6,8H2,1H3,(H2,15,18)(H2,16,19). The van der Waals surface area contributed by atoms with Crippen LogP contribution in [0.2, 0.25) is 0 Å². The van der Waals surface area contributed by atoms with Crippen molar-refractivity contribution in [3.8, 4) is 0 Å². The van der Waals surface area contributed by atoms with Crippen molar-refractivity contribution >= 4 is 28.8 Å².